The van der Waals surface area contributed by atoms with Gasteiger partial charge in [0.15, 0.2) is 11.2 Å². The Kier molecular flexibility index (Phi) is 5.98. The minimum Gasteiger partial charge on any atom is -0.341 e. The van der Waals surface area contributed by atoms with Gasteiger partial charge in [-0.3, -0.25) is 13.9 Å². The van der Waals surface area contributed by atoms with Gasteiger partial charge >= 0.3 is 0 Å². The molecule has 1 fully saturated rings. The van der Waals surface area contributed by atoms with Crippen molar-refractivity contribution in [3.63, 3.8) is 0 Å². The normalized spacial score (nSPS) is 16.6. The highest BCUT2D eigenvalue weighted by Gasteiger charge is 2.25. The highest BCUT2D eigenvalue weighted by atomic mass is 19.1. The largest absolute Gasteiger partial charge is 0.341 e. The van der Waals surface area contributed by atoms with Gasteiger partial charge in [0.2, 0.25) is 5.95 Å². The van der Waals surface area contributed by atoms with Crippen LogP contribution in [0.2, 0.25) is 0 Å². The van der Waals surface area contributed by atoms with E-state index < -0.39 is 0 Å². The number of imidazole rings is 1. The van der Waals surface area contributed by atoms with Gasteiger partial charge < -0.3 is 10.6 Å². The number of anilines is 1. The van der Waals surface area contributed by atoms with Crippen LogP contribution in [0.4, 0.5) is 10.3 Å². The molecule has 7 nitrogen and oxygen atoms in total. The van der Waals surface area contributed by atoms with E-state index in [2.05, 4.69) is 4.90 Å². The third kappa shape index (κ3) is 4.36. The van der Waals surface area contributed by atoms with E-state index in [0.717, 1.165) is 24.9 Å². The van der Waals surface area contributed by atoms with E-state index in [1.54, 1.807) is 31.3 Å². The molecule has 174 valence electrons. The van der Waals surface area contributed by atoms with Crippen molar-refractivity contribution < 1.29 is 4.39 Å². The summed E-state index contributed by atoms with van der Waals surface area (Å²) in [5.74, 6) is 0.848. The number of hydrogen-bond acceptors (Lipinski definition) is 5. The maximum Gasteiger partial charge on any atom is 0.279 e. The SMILES string of the molecule is Cn1c(C=Cc2cccc(F)c2)nc2nc(N3CCCC(N)C3)n(Cc3ccccc3)c2c1=O. The van der Waals surface area contributed by atoms with Crippen molar-refractivity contribution in [2.24, 2.45) is 12.8 Å². The molecular weight excluding hydrogens is 431 g/mol. The molecule has 0 spiro atoms. The van der Waals surface area contributed by atoms with E-state index in [0.29, 0.717) is 41.6 Å². The Morgan fingerprint density at radius 2 is 1.94 bits per heavy atom. The number of nitrogens with zero attached hydrogens (tertiary/aromatic N) is 5. The Hall–Kier alpha value is -3.78. The lowest BCUT2D eigenvalue weighted by Gasteiger charge is -2.31. The molecule has 1 atom stereocenters. The minimum atomic E-state index is -0.316. The third-order valence-electron chi connectivity index (χ3n) is 6.20. The molecule has 1 aliphatic heterocycles. The molecule has 8 heteroatoms. The quantitative estimate of drug-likeness (QED) is 0.496. The predicted octanol–water partition coefficient (Wildman–Crippen LogP) is 3.42. The summed E-state index contributed by atoms with van der Waals surface area (Å²) in [5.41, 5.74) is 8.68. The zero-order valence-corrected chi connectivity index (χ0v) is 19.1. The highest BCUT2D eigenvalue weighted by molar-refractivity contribution is 5.77. The van der Waals surface area contributed by atoms with Crippen LogP contribution < -0.4 is 16.2 Å². The average Bonchev–Trinajstić information content (AvgIpc) is 3.19. The van der Waals surface area contributed by atoms with Gasteiger partial charge in [0, 0.05) is 26.2 Å². The molecule has 0 aliphatic carbocycles. The number of halogens is 1. The van der Waals surface area contributed by atoms with Crippen LogP contribution in [0.5, 0.6) is 0 Å². The molecule has 0 bridgehead atoms. The monoisotopic (exact) mass is 458 g/mol. The zero-order chi connectivity index (χ0) is 23.7. The molecule has 0 radical (unpaired) electrons. The van der Waals surface area contributed by atoms with Gasteiger partial charge in [0.25, 0.3) is 5.56 Å². The summed E-state index contributed by atoms with van der Waals surface area (Å²) in [4.78, 5) is 25.2. The van der Waals surface area contributed by atoms with E-state index in [1.807, 2.05) is 34.9 Å². The van der Waals surface area contributed by atoms with Crippen LogP contribution >= 0.6 is 0 Å². The summed E-state index contributed by atoms with van der Waals surface area (Å²) in [7, 11) is 1.69. The fraction of sp³-hybridized carbons (Fsp3) is 0.269. The average molecular weight is 459 g/mol. The molecule has 2 aromatic carbocycles. The Balaban J connectivity index is 1.63. The molecule has 1 unspecified atom stereocenters. The lowest BCUT2D eigenvalue weighted by Crippen LogP contribution is -2.44. The number of benzene rings is 2. The summed E-state index contributed by atoms with van der Waals surface area (Å²) in [6.07, 6.45) is 5.40. The molecule has 3 heterocycles. The van der Waals surface area contributed by atoms with Crippen LogP contribution in [0.15, 0.2) is 59.4 Å². The van der Waals surface area contributed by atoms with Gasteiger partial charge in [-0.25, -0.2) is 9.37 Å². The first-order valence-electron chi connectivity index (χ1n) is 11.4. The van der Waals surface area contributed by atoms with Crippen molar-refractivity contribution in [3.8, 4) is 0 Å². The molecule has 0 amide bonds. The van der Waals surface area contributed by atoms with Gasteiger partial charge in [0.1, 0.15) is 11.6 Å². The Labute approximate surface area is 197 Å². The maximum absolute atomic E-state index is 13.5. The molecule has 0 saturated carbocycles. The molecule has 1 saturated heterocycles. The highest BCUT2D eigenvalue weighted by Crippen LogP contribution is 2.24. The fourth-order valence-corrected chi connectivity index (χ4v) is 4.44. The lowest BCUT2D eigenvalue weighted by atomic mass is 10.1. The minimum absolute atomic E-state index is 0.0688. The smallest absolute Gasteiger partial charge is 0.279 e. The predicted molar refractivity (Wildman–Crippen MR) is 133 cm³/mol. The van der Waals surface area contributed by atoms with Crippen molar-refractivity contribution in [1.82, 2.24) is 19.1 Å². The first kappa shape index (κ1) is 22.0. The first-order chi connectivity index (χ1) is 16.5. The second-order valence-electron chi connectivity index (χ2n) is 8.73. The standard InChI is InChI=1S/C26H27FN6O/c1-31-22(13-12-18-9-5-10-20(27)15-18)29-24-23(25(31)34)33(16-19-7-3-2-4-8-19)26(30-24)32-14-6-11-21(28)17-32/h2-5,7-10,12-13,15,21H,6,11,14,16-17,28H2,1H3. The van der Waals surface area contributed by atoms with E-state index >= 15 is 0 Å². The summed E-state index contributed by atoms with van der Waals surface area (Å²) in [6, 6.07) is 16.3. The summed E-state index contributed by atoms with van der Waals surface area (Å²) in [6.45, 7) is 2.02. The van der Waals surface area contributed by atoms with E-state index in [9.17, 15) is 9.18 Å². The molecule has 5 rings (SSSR count). The summed E-state index contributed by atoms with van der Waals surface area (Å²) in [5, 5.41) is 0. The molecule has 4 aromatic rings. The molecule has 1 aliphatic rings. The lowest BCUT2D eigenvalue weighted by molar-refractivity contribution is 0.495. The number of hydrogen-bond donors (Lipinski definition) is 1. The van der Waals surface area contributed by atoms with E-state index in [1.165, 1.54) is 16.7 Å². The number of piperidine rings is 1. The third-order valence-corrected chi connectivity index (χ3v) is 6.20. The van der Waals surface area contributed by atoms with Crippen LogP contribution in [-0.2, 0) is 13.6 Å². The molecule has 2 aromatic heterocycles. The second-order valence-corrected chi connectivity index (χ2v) is 8.73. The van der Waals surface area contributed by atoms with Crippen LogP contribution in [-0.4, -0.2) is 38.2 Å². The van der Waals surface area contributed by atoms with E-state index in [-0.39, 0.29) is 17.4 Å². The van der Waals surface area contributed by atoms with Gasteiger partial charge in [-0.2, -0.15) is 4.98 Å². The number of nitrogens with two attached hydrogens (primary N) is 1. The van der Waals surface area contributed by atoms with Crippen LogP contribution in [0, 0.1) is 5.82 Å². The number of fused-ring (bicyclic) bond motifs is 1. The van der Waals surface area contributed by atoms with Gasteiger partial charge in [0.05, 0.1) is 6.54 Å². The van der Waals surface area contributed by atoms with Gasteiger partial charge in [-0.05, 0) is 42.2 Å². The Morgan fingerprint density at radius 3 is 2.71 bits per heavy atom. The van der Waals surface area contributed by atoms with Crippen molar-refractivity contribution in [1.29, 1.82) is 0 Å². The van der Waals surface area contributed by atoms with Crippen molar-refractivity contribution in [2.75, 3.05) is 18.0 Å². The molecule has 2 N–H and O–H groups in total. The number of rotatable bonds is 5. The maximum atomic E-state index is 13.5. The topological polar surface area (TPSA) is 82.0 Å². The summed E-state index contributed by atoms with van der Waals surface area (Å²) < 4.78 is 17.0. The zero-order valence-electron chi connectivity index (χ0n) is 19.1. The van der Waals surface area contributed by atoms with Gasteiger partial charge in [-0.1, -0.05) is 48.5 Å². The van der Waals surface area contributed by atoms with Crippen molar-refractivity contribution >= 4 is 29.3 Å². The van der Waals surface area contributed by atoms with Crippen LogP contribution in [0.1, 0.15) is 29.8 Å². The van der Waals surface area contributed by atoms with E-state index in [4.69, 9.17) is 15.7 Å². The summed E-state index contributed by atoms with van der Waals surface area (Å²) >= 11 is 0. The Bertz CT molecular complexity index is 1410. The fourth-order valence-electron chi connectivity index (χ4n) is 4.44. The molecular formula is C26H27FN6O. The van der Waals surface area contributed by atoms with Crippen LogP contribution in [0.25, 0.3) is 23.3 Å². The van der Waals surface area contributed by atoms with Gasteiger partial charge in [-0.15, -0.1) is 0 Å². The second kappa shape index (κ2) is 9.23. The molecule has 34 heavy (non-hydrogen) atoms. The first-order valence-corrected chi connectivity index (χ1v) is 11.4. The van der Waals surface area contributed by atoms with Crippen molar-refractivity contribution in [2.45, 2.75) is 25.4 Å². The Morgan fingerprint density at radius 1 is 1.12 bits per heavy atom. The number of aromatic nitrogens is 4. The van der Waals surface area contributed by atoms with Crippen molar-refractivity contribution in [3.05, 3.63) is 87.7 Å². The van der Waals surface area contributed by atoms with Crippen LogP contribution in [0.3, 0.4) is 0 Å².